The van der Waals surface area contributed by atoms with Gasteiger partial charge in [0.2, 0.25) is 5.91 Å². The average Bonchev–Trinajstić information content (AvgIpc) is 3.37. The minimum atomic E-state index is -0.250. The minimum Gasteiger partial charge on any atom is -0.354 e. The second-order valence-electron chi connectivity index (χ2n) is 6.78. The Hall–Kier alpha value is -1.72. The van der Waals surface area contributed by atoms with Crippen molar-refractivity contribution in [1.82, 2.24) is 10.2 Å². The van der Waals surface area contributed by atoms with Crippen LogP contribution in [0.2, 0.25) is 0 Å². The molecule has 0 saturated heterocycles. The Morgan fingerprint density at radius 2 is 2.00 bits per heavy atom. The largest absolute Gasteiger partial charge is 0.354 e. The maximum Gasteiger partial charge on any atom is 0.223 e. The molecule has 25 heavy (non-hydrogen) atoms. The smallest absolute Gasteiger partial charge is 0.223 e. The highest BCUT2D eigenvalue weighted by Crippen LogP contribution is 2.48. The molecule has 0 aliphatic heterocycles. The average molecular weight is 405 g/mol. The summed E-state index contributed by atoms with van der Waals surface area (Å²) in [6.07, 6.45) is 0.894. The Balaban J connectivity index is 1.58. The van der Waals surface area contributed by atoms with E-state index < -0.39 is 0 Å². The van der Waals surface area contributed by atoms with Crippen molar-refractivity contribution in [3.8, 4) is 0 Å². The Kier molecular flexibility index (Phi) is 5.54. The molecule has 1 N–H and O–H groups in total. The maximum absolute atomic E-state index is 13.1. The van der Waals surface area contributed by atoms with Crippen molar-refractivity contribution in [2.75, 3.05) is 20.6 Å². The summed E-state index contributed by atoms with van der Waals surface area (Å²) in [6, 6.07) is 14.6. The molecule has 3 unspecified atom stereocenters. The van der Waals surface area contributed by atoms with E-state index >= 15 is 0 Å². The zero-order valence-electron chi connectivity index (χ0n) is 14.4. The summed E-state index contributed by atoms with van der Waals surface area (Å²) in [5, 5.41) is 3.07. The normalized spacial score (nSPS) is 20.4. The highest BCUT2D eigenvalue weighted by Gasteiger charge is 2.43. The predicted molar refractivity (Wildman–Crippen MR) is 101 cm³/mol. The number of rotatable bonds is 6. The van der Waals surface area contributed by atoms with Gasteiger partial charge in [0.05, 0.1) is 6.04 Å². The van der Waals surface area contributed by atoms with Crippen LogP contribution in [0.4, 0.5) is 4.39 Å². The summed E-state index contributed by atoms with van der Waals surface area (Å²) in [6.45, 7) is 0.513. The lowest BCUT2D eigenvalue weighted by Gasteiger charge is -2.25. The fourth-order valence-corrected chi connectivity index (χ4v) is 3.62. The van der Waals surface area contributed by atoms with Crippen molar-refractivity contribution in [3.63, 3.8) is 0 Å². The molecular formula is C20H22BrFN2O. The van der Waals surface area contributed by atoms with Gasteiger partial charge in [-0.3, -0.25) is 4.79 Å². The molecule has 0 heterocycles. The van der Waals surface area contributed by atoms with Crippen LogP contribution in [-0.4, -0.2) is 31.4 Å². The summed E-state index contributed by atoms with van der Waals surface area (Å²) in [5.41, 5.74) is 2.20. The first-order chi connectivity index (χ1) is 12.0. The monoisotopic (exact) mass is 404 g/mol. The van der Waals surface area contributed by atoms with Crippen LogP contribution in [0.15, 0.2) is 53.0 Å². The van der Waals surface area contributed by atoms with Gasteiger partial charge in [0, 0.05) is 16.9 Å². The quantitative estimate of drug-likeness (QED) is 0.785. The number of nitrogens with zero attached hydrogens (tertiary/aromatic N) is 1. The number of nitrogens with one attached hydrogen (secondary N) is 1. The van der Waals surface area contributed by atoms with Crippen molar-refractivity contribution in [1.29, 1.82) is 0 Å². The van der Waals surface area contributed by atoms with E-state index in [1.54, 1.807) is 12.1 Å². The molecule has 0 aromatic heterocycles. The van der Waals surface area contributed by atoms with E-state index in [-0.39, 0.29) is 23.7 Å². The van der Waals surface area contributed by atoms with Crippen LogP contribution in [0, 0.1) is 11.7 Å². The van der Waals surface area contributed by atoms with Crippen LogP contribution in [0.3, 0.4) is 0 Å². The fraction of sp³-hybridized carbons (Fsp3) is 0.350. The van der Waals surface area contributed by atoms with E-state index in [1.165, 1.54) is 17.7 Å². The van der Waals surface area contributed by atoms with Gasteiger partial charge in [0.25, 0.3) is 0 Å². The summed E-state index contributed by atoms with van der Waals surface area (Å²) in [7, 11) is 3.92. The second-order valence-corrected chi connectivity index (χ2v) is 7.70. The van der Waals surface area contributed by atoms with Gasteiger partial charge in [0.15, 0.2) is 0 Å². The summed E-state index contributed by atoms with van der Waals surface area (Å²) >= 11 is 3.48. The van der Waals surface area contributed by atoms with Crippen molar-refractivity contribution < 1.29 is 9.18 Å². The van der Waals surface area contributed by atoms with E-state index in [0.717, 1.165) is 16.5 Å². The third-order valence-electron chi connectivity index (χ3n) is 4.75. The van der Waals surface area contributed by atoms with E-state index in [2.05, 4.69) is 33.4 Å². The van der Waals surface area contributed by atoms with Gasteiger partial charge in [-0.1, -0.05) is 40.2 Å². The molecule has 2 aromatic rings. The maximum atomic E-state index is 13.1. The van der Waals surface area contributed by atoms with Crippen LogP contribution in [0.5, 0.6) is 0 Å². The lowest BCUT2D eigenvalue weighted by Crippen LogP contribution is -2.35. The minimum absolute atomic E-state index is 0.0209. The summed E-state index contributed by atoms with van der Waals surface area (Å²) in [5.74, 6) is 0.200. The van der Waals surface area contributed by atoms with Gasteiger partial charge < -0.3 is 10.2 Å². The topological polar surface area (TPSA) is 32.3 Å². The van der Waals surface area contributed by atoms with Crippen LogP contribution in [0.1, 0.15) is 29.5 Å². The van der Waals surface area contributed by atoms with E-state index in [9.17, 15) is 9.18 Å². The number of carbonyl (C=O) groups excluding carboxylic acids is 1. The van der Waals surface area contributed by atoms with Gasteiger partial charge in [-0.25, -0.2) is 4.39 Å². The molecule has 2 aromatic carbocycles. The Morgan fingerprint density at radius 3 is 2.64 bits per heavy atom. The number of carbonyl (C=O) groups is 1. The number of benzene rings is 2. The molecule has 3 rings (SSSR count). The lowest BCUT2D eigenvalue weighted by molar-refractivity contribution is -0.122. The van der Waals surface area contributed by atoms with Crippen molar-refractivity contribution >= 4 is 21.8 Å². The number of hydrogen-bond donors (Lipinski definition) is 1. The van der Waals surface area contributed by atoms with Gasteiger partial charge in [-0.15, -0.1) is 0 Å². The number of likely N-dealkylation sites (N-methyl/N-ethyl adjacent to an activating group) is 1. The summed E-state index contributed by atoms with van der Waals surface area (Å²) < 4.78 is 14.2. The molecule has 3 nitrogen and oxygen atoms in total. The molecule has 5 heteroatoms. The third-order valence-corrected chi connectivity index (χ3v) is 5.25. The van der Waals surface area contributed by atoms with E-state index in [4.69, 9.17) is 0 Å². The standard InChI is InChI=1S/C20H22BrFN2O/c1-24(2)19(13-6-8-16(22)9-7-13)12-23-20(25)18-11-17(18)14-4-3-5-15(21)10-14/h3-10,17-19H,11-12H2,1-2H3,(H,23,25). The molecule has 1 aliphatic carbocycles. The van der Waals surface area contributed by atoms with Gasteiger partial charge in [0.1, 0.15) is 5.82 Å². The molecule has 0 spiro atoms. The highest BCUT2D eigenvalue weighted by molar-refractivity contribution is 9.10. The van der Waals surface area contributed by atoms with E-state index in [0.29, 0.717) is 12.5 Å². The lowest BCUT2D eigenvalue weighted by atomic mass is 10.1. The SMILES string of the molecule is CN(C)C(CNC(=O)C1CC1c1cccc(Br)c1)c1ccc(F)cc1. The van der Waals surface area contributed by atoms with Crippen LogP contribution < -0.4 is 5.32 Å². The van der Waals surface area contributed by atoms with Gasteiger partial charge >= 0.3 is 0 Å². The zero-order chi connectivity index (χ0) is 18.0. The zero-order valence-corrected chi connectivity index (χ0v) is 16.0. The van der Waals surface area contributed by atoms with Crippen molar-refractivity contribution in [3.05, 3.63) is 69.9 Å². The third kappa shape index (κ3) is 4.47. The fourth-order valence-electron chi connectivity index (χ4n) is 3.20. The Bertz CT molecular complexity index is 748. The summed E-state index contributed by atoms with van der Waals surface area (Å²) in [4.78, 5) is 14.5. The molecule has 3 atom stereocenters. The van der Waals surface area contributed by atoms with Crippen molar-refractivity contribution in [2.45, 2.75) is 18.4 Å². The molecule has 1 amide bonds. The van der Waals surface area contributed by atoms with Gasteiger partial charge in [-0.05, 0) is 61.8 Å². The number of amides is 1. The molecule has 1 fully saturated rings. The first-order valence-electron chi connectivity index (χ1n) is 8.41. The van der Waals surface area contributed by atoms with Crippen LogP contribution in [0.25, 0.3) is 0 Å². The van der Waals surface area contributed by atoms with Gasteiger partial charge in [-0.2, -0.15) is 0 Å². The Morgan fingerprint density at radius 1 is 1.28 bits per heavy atom. The number of hydrogen-bond acceptors (Lipinski definition) is 2. The molecular weight excluding hydrogens is 383 g/mol. The van der Waals surface area contributed by atoms with Crippen LogP contribution in [-0.2, 0) is 4.79 Å². The highest BCUT2D eigenvalue weighted by atomic mass is 79.9. The second kappa shape index (κ2) is 7.67. The molecule has 1 aliphatic rings. The molecule has 0 radical (unpaired) electrons. The van der Waals surface area contributed by atoms with Crippen LogP contribution >= 0.6 is 15.9 Å². The number of halogens is 2. The Labute approximate surface area is 156 Å². The first-order valence-corrected chi connectivity index (χ1v) is 9.20. The first kappa shape index (κ1) is 18.1. The van der Waals surface area contributed by atoms with E-state index in [1.807, 2.05) is 31.1 Å². The predicted octanol–water partition coefficient (Wildman–Crippen LogP) is 4.11. The molecule has 132 valence electrons. The molecule has 0 bridgehead atoms. The molecule has 1 saturated carbocycles. The van der Waals surface area contributed by atoms with Crippen molar-refractivity contribution in [2.24, 2.45) is 5.92 Å².